The molecule has 0 aromatic heterocycles. The molecule has 0 spiro atoms. The SMILES string of the molecule is CN1CCCC(CN(C)C(=O)c2ccccc2N)C1.Cl.Cl. The average Bonchev–Trinajstić information content (AvgIpc) is 2.38. The number of carbonyl (C=O) groups is 1. The van der Waals surface area contributed by atoms with E-state index in [1.165, 1.54) is 19.4 Å². The quantitative estimate of drug-likeness (QED) is 0.864. The van der Waals surface area contributed by atoms with E-state index >= 15 is 0 Å². The molecule has 120 valence electrons. The van der Waals surface area contributed by atoms with Gasteiger partial charge in [0.25, 0.3) is 5.91 Å². The summed E-state index contributed by atoms with van der Waals surface area (Å²) in [6.07, 6.45) is 2.42. The third-order valence-electron chi connectivity index (χ3n) is 3.79. The number of nitrogen functional groups attached to an aromatic ring is 1. The number of amides is 1. The number of hydrogen-bond donors (Lipinski definition) is 1. The summed E-state index contributed by atoms with van der Waals surface area (Å²) in [5.74, 6) is 0.587. The molecule has 2 N–H and O–H groups in total. The highest BCUT2D eigenvalue weighted by atomic mass is 35.5. The zero-order valence-electron chi connectivity index (χ0n) is 12.6. The second-order valence-electron chi connectivity index (χ2n) is 5.54. The number of para-hydroxylation sites is 1. The molecule has 1 fully saturated rings. The van der Waals surface area contributed by atoms with Crippen molar-refractivity contribution in [3.05, 3.63) is 29.8 Å². The van der Waals surface area contributed by atoms with Gasteiger partial charge in [-0.15, -0.1) is 24.8 Å². The minimum Gasteiger partial charge on any atom is -0.398 e. The summed E-state index contributed by atoms with van der Waals surface area (Å²) in [4.78, 5) is 16.5. The smallest absolute Gasteiger partial charge is 0.255 e. The molecule has 1 aliphatic heterocycles. The van der Waals surface area contributed by atoms with E-state index < -0.39 is 0 Å². The summed E-state index contributed by atoms with van der Waals surface area (Å²) in [7, 11) is 4.01. The molecule has 1 unspecified atom stereocenters. The Morgan fingerprint density at radius 2 is 2.05 bits per heavy atom. The van der Waals surface area contributed by atoms with E-state index in [1.54, 1.807) is 17.0 Å². The van der Waals surface area contributed by atoms with E-state index in [9.17, 15) is 4.79 Å². The number of halogens is 2. The molecule has 1 saturated heterocycles. The van der Waals surface area contributed by atoms with Crippen molar-refractivity contribution in [1.82, 2.24) is 9.80 Å². The predicted molar refractivity (Wildman–Crippen MR) is 92.5 cm³/mol. The molecule has 0 aliphatic carbocycles. The zero-order chi connectivity index (χ0) is 13.8. The number of nitrogens with two attached hydrogens (primary N) is 1. The minimum atomic E-state index is 0. The fourth-order valence-corrected chi connectivity index (χ4v) is 2.79. The highest BCUT2D eigenvalue weighted by Crippen LogP contribution is 2.18. The van der Waals surface area contributed by atoms with Gasteiger partial charge < -0.3 is 15.5 Å². The number of carbonyl (C=O) groups excluding carboxylic acids is 1. The van der Waals surface area contributed by atoms with Crippen LogP contribution in [0, 0.1) is 5.92 Å². The van der Waals surface area contributed by atoms with Crippen molar-refractivity contribution < 1.29 is 4.79 Å². The van der Waals surface area contributed by atoms with Gasteiger partial charge in [0, 0.05) is 25.8 Å². The average molecular weight is 334 g/mol. The van der Waals surface area contributed by atoms with Crippen LogP contribution in [0.5, 0.6) is 0 Å². The summed E-state index contributed by atoms with van der Waals surface area (Å²) in [6.45, 7) is 3.04. The van der Waals surface area contributed by atoms with Crippen LogP contribution in [0.3, 0.4) is 0 Å². The lowest BCUT2D eigenvalue weighted by Crippen LogP contribution is -2.40. The monoisotopic (exact) mass is 333 g/mol. The number of rotatable bonds is 3. The molecule has 0 bridgehead atoms. The zero-order valence-corrected chi connectivity index (χ0v) is 14.3. The van der Waals surface area contributed by atoms with Crippen LogP contribution in [-0.4, -0.2) is 49.4 Å². The van der Waals surface area contributed by atoms with E-state index in [0.29, 0.717) is 17.2 Å². The molecule has 1 atom stereocenters. The first-order valence-corrected chi connectivity index (χ1v) is 6.86. The van der Waals surface area contributed by atoms with Gasteiger partial charge in [0.05, 0.1) is 5.56 Å². The Bertz CT molecular complexity index is 456. The van der Waals surface area contributed by atoms with Crippen LogP contribution in [0.15, 0.2) is 24.3 Å². The first-order valence-electron chi connectivity index (χ1n) is 6.86. The Hall–Kier alpha value is -0.970. The fourth-order valence-electron chi connectivity index (χ4n) is 2.79. The number of anilines is 1. The molecule has 1 aliphatic rings. The predicted octanol–water partition coefficient (Wildman–Crippen LogP) is 2.53. The lowest BCUT2D eigenvalue weighted by molar-refractivity contribution is 0.0742. The Labute approximate surface area is 139 Å². The van der Waals surface area contributed by atoms with Crippen LogP contribution in [0.2, 0.25) is 0 Å². The largest absolute Gasteiger partial charge is 0.398 e. The van der Waals surface area contributed by atoms with Gasteiger partial charge in [-0.25, -0.2) is 0 Å². The Morgan fingerprint density at radius 3 is 2.67 bits per heavy atom. The third kappa shape index (κ3) is 5.38. The number of nitrogens with zero attached hydrogens (tertiary/aromatic N) is 2. The lowest BCUT2D eigenvalue weighted by atomic mass is 9.97. The molecule has 1 amide bonds. The Morgan fingerprint density at radius 1 is 1.38 bits per heavy atom. The Kier molecular flexibility index (Phi) is 8.71. The van der Waals surface area contributed by atoms with Crippen LogP contribution in [-0.2, 0) is 0 Å². The van der Waals surface area contributed by atoms with Crippen LogP contribution in [0.4, 0.5) is 5.69 Å². The number of likely N-dealkylation sites (tertiary alicyclic amines) is 1. The van der Waals surface area contributed by atoms with Gasteiger partial charge in [0.15, 0.2) is 0 Å². The molecule has 1 aromatic carbocycles. The highest BCUT2D eigenvalue weighted by Gasteiger charge is 2.22. The lowest BCUT2D eigenvalue weighted by Gasteiger charge is -2.32. The second-order valence-corrected chi connectivity index (χ2v) is 5.54. The number of piperidine rings is 1. The molecule has 6 heteroatoms. The van der Waals surface area contributed by atoms with Crippen molar-refractivity contribution in [1.29, 1.82) is 0 Å². The van der Waals surface area contributed by atoms with Gasteiger partial charge in [0.2, 0.25) is 0 Å². The molecule has 0 saturated carbocycles. The molecular weight excluding hydrogens is 309 g/mol. The molecule has 1 aromatic rings. The van der Waals surface area contributed by atoms with E-state index in [2.05, 4.69) is 11.9 Å². The van der Waals surface area contributed by atoms with Crippen LogP contribution < -0.4 is 5.73 Å². The summed E-state index contributed by atoms with van der Waals surface area (Å²) >= 11 is 0. The van der Waals surface area contributed by atoms with Gasteiger partial charge in [0.1, 0.15) is 0 Å². The molecule has 21 heavy (non-hydrogen) atoms. The third-order valence-corrected chi connectivity index (χ3v) is 3.79. The number of hydrogen-bond acceptors (Lipinski definition) is 3. The maximum Gasteiger partial charge on any atom is 0.255 e. The van der Waals surface area contributed by atoms with Crippen molar-refractivity contribution in [2.75, 3.05) is 39.5 Å². The summed E-state index contributed by atoms with van der Waals surface area (Å²) in [5, 5.41) is 0. The summed E-state index contributed by atoms with van der Waals surface area (Å²) in [5.41, 5.74) is 7.02. The van der Waals surface area contributed by atoms with Crippen molar-refractivity contribution >= 4 is 36.4 Å². The molecule has 0 radical (unpaired) electrons. The highest BCUT2D eigenvalue weighted by molar-refractivity contribution is 5.98. The first-order chi connectivity index (χ1) is 9.08. The molecule has 2 rings (SSSR count). The van der Waals surface area contributed by atoms with Crippen molar-refractivity contribution in [2.24, 2.45) is 5.92 Å². The van der Waals surface area contributed by atoms with Crippen molar-refractivity contribution in [2.45, 2.75) is 12.8 Å². The second kappa shape index (κ2) is 9.13. The van der Waals surface area contributed by atoms with E-state index in [4.69, 9.17) is 5.73 Å². The van der Waals surface area contributed by atoms with E-state index in [1.807, 2.05) is 19.2 Å². The van der Waals surface area contributed by atoms with E-state index in [0.717, 1.165) is 13.1 Å². The fraction of sp³-hybridized carbons (Fsp3) is 0.533. The van der Waals surface area contributed by atoms with E-state index in [-0.39, 0.29) is 30.7 Å². The first kappa shape index (κ1) is 20.0. The molecule has 1 heterocycles. The van der Waals surface area contributed by atoms with Crippen molar-refractivity contribution in [3.63, 3.8) is 0 Å². The van der Waals surface area contributed by atoms with Crippen LogP contribution in [0.25, 0.3) is 0 Å². The maximum atomic E-state index is 12.4. The van der Waals surface area contributed by atoms with Gasteiger partial charge in [-0.1, -0.05) is 12.1 Å². The van der Waals surface area contributed by atoms with Crippen LogP contribution in [0.1, 0.15) is 23.2 Å². The summed E-state index contributed by atoms with van der Waals surface area (Å²) < 4.78 is 0. The topological polar surface area (TPSA) is 49.6 Å². The van der Waals surface area contributed by atoms with Gasteiger partial charge >= 0.3 is 0 Å². The summed E-state index contributed by atoms with van der Waals surface area (Å²) in [6, 6.07) is 7.27. The van der Waals surface area contributed by atoms with Gasteiger partial charge in [-0.05, 0) is 44.5 Å². The normalized spacial score (nSPS) is 18.3. The minimum absolute atomic E-state index is 0. The standard InChI is InChI=1S/C15H23N3O.2ClH/c1-17-9-5-6-12(10-17)11-18(2)15(19)13-7-3-4-8-14(13)16;;/h3-4,7-8,12H,5-6,9-11,16H2,1-2H3;2*1H. The number of benzene rings is 1. The Balaban J connectivity index is 0.00000200. The van der Waals surface area contributed by atoms with Crippen molar-refractivity contribution in [3.8, 4) is 0 Å². The molecule has 4 nitrogen and oxygen atoms in total. The maximum absolute atomic E-state index is 12.4. The van der Waals surface area contributed by atoms with Crippen LogP contribution >= 0.6 is 24.8 Å². The molecular formula is C15H25Cl2N3O. The van der Waals surface area contributed by atoms with Gasteiger partial charge in [-0.2, -0.15) is 0 Å². The van der Waals surface area contributed by atoms with Gasteiger partial charge in [-0.3, -0.25) is 4.79 Å².